The minimum atomic E-state index is -2.81. The van der Waals surface area contributed by atoms with Crippen molar-refractivity contribution >= 4 is 0 Å². The van der Waals surface area contributed by atoms with Crippen molar-refractivity contribution in [3.05, 3.63) is 66.6 Å². The van der Waals surface area contributed by atoms with Gasteiger partial charge in [-0.15, -0.1) is 0 Å². The normalized spacial score (nSPS) is 13.6. The summed E-state index contributed by atoms with van der Waals surface area (Å²) < 4.78 is 33.9. The summed E-state index contributed by atoms with van der Waals surface area (Å²) in [5.41, 5.74) is 3.21. The maximum Gasteiger partial charge on any atom is 0.387 e. The minimum Gasteiger partial charge on any atom is -1.00 e. The summed E-state index contributed by atoms with van der Waals surface area (Å²) in [5, 5.41) is 0. The first-order valence-corrected chi connectivity index (χ1v) is 8.97. The number of ether oxygens (including phenoxy) is 1. The van der Waals surface area contributed by atoms with E-state index >= 15 is 0 Å². The van der Waals surface area contributed by atoms with E-state index in [1.54, 1.807) is 12.1 Å². The van der Waals surface area contributed by atoms with Gasteiger partial charge in [-0.2, -0.15) is 13.3 Å². The van der Waals surface area contributed by atoms with Crippen LogP contribution in [0, 0.1) is 0 Å². The van der Waals surface area contributed by atoms with Crippen molar-refractivity contribution in [2.45, 2.75) is 38.8 Å². The van der Waals surface area contributed by atoms with Gasteiger partial charge in [-0.1, -0.05) is 30.3 Å². The largest absolute Gasteiger partial charge is 1.00 e. The zero-order valence-corrected chi connectivity index (χ0v) is 16.4. The Morgan fingerprint density at radius 3 is 2.37 bits per heavy atom. The van der Waals surface area contributed by atoms with Gasteiger partial charge in [0.2, 0.25) is 0 Å². The van der Waals surface area contributed by atoms with E-state index in [4.69, 9.17) is 0 Å². The van der Waals surface area contributed by atoms with Gasteiger partial charge in [-0.25, -0.2) is 4.57 Å². The fourth-order valence-corrected chi connectivity index (χ4v) is 3.62. The zero-order chi connectivity index (χ0) is 17.9. The molecule has 0 bridgehead atoms. The summed E-state index contributed by atoms with van der Waals surface area (Å²) >= 11 is 0. The van der Waals surface area contributed by atoms with Crippen molar-refractivity contribution in [3.63, 3.8) is 0 Å². The summed E-state index contributed by atoms with van der Waals surface area (Å²) in [5.74, 6) is 1.43. The highest BCUT2D eigenvalue weighted by Crippen LogP contribution is 2.27. The van der Waals surface area contributed by atoms with Gasteiger partial charge in [0.15, 0.2) is 5.69 Å². The molecule has 0 atom stereocenters. The molecular formula is C21H21BrF2N2O. The number of aryl methyl sites for hydroxylation is 1. The second kappa shape index (κ2) is 8.65. The van der Waals surface area contributed by atoms with Crippen LogP contribution in [0.5, 0.6) is 5.75 Å². The molecule has 6 heteroatoms. The second-order valence-corrected chi connectivity index (χ2v) is 6.51. The number of nitrogens with zero attached hydrogens (tertiary/aromatic N) is 2. The third-order valence-electron chi connectivity index (χ3n) is 4.80. The highest BCUT2D eigenvalue weighted by Gasteiger charge is 2.27. The van der Waals surface area contributed by atoms with Gasteiger partial charge in [0.25, 0.3) is 5.82 Å². The van der Waals surface area contributed by atoms with Crippen LogP contribution < -0.4 is 26.3 Å². The Hall–Kier alpha value is -2.21. The molecule has 4 rings (SSSR count). The van der Waals surface area contributed by atoms with Crippen LogP contribution in [-0.2, 0) is 13.0 Å². The zero-order valence-electron chi connectivity index (χ0n) is 14.8. The second-order valence-electron chi connectivity index (χ2n) is 6.51. The van der Waals surface area contributed by atoms with Gasteiger partial charge in [0.1, 0.15) is 17.6 Å². The first-order chi connectivity index (χ1) is 12.7. The first kappa shape index (κ1) is 19.5. The van der Waals surface area contributed by atoms with E-state index in [1.807, 2.05) is 30.3 Å². The van der Waals surface area contributed by atoms with Crippen molar-refractivity contribution < 1.29 is 35.1 Å². The Kier molecular flexibility index (Phi) is 6.26. The van der Waals surface area contributed by atoms with E-state index < -0.39 is 6.61 Å². The molecule has 1 aliphatic heterocycles. The third-order valence-corrected chi connectivity index (χ3v) is 4.80. The molecule has 0 amide bonds. The average Bonchev–Trinajstić information content (AvgIpc) is 2.85. The van der Waals surface area contributed by atoms with Crippen molar-refractivity contribution in [1.29, 1.82) is 0 Å². The van der Waals surface area contributed by atoms with Crippen LogP contribution in [0.25, 0.3) is 16.9 Å². The van der Waals surface area contributed by atoms with Crippen LogP contribution >= 0.6 is 0 Å². The summed E-state index contributed by atoms with van der Waals surface area (Å²) in [6.45, 7) is -1.80. The van der Waals surface area contributed by atoms with E-state index in [1.165, 1.54) is 18.7 Å². The maximum atomic E-state index is 12.4. The van der Waals surface area contributed by atoms with Crippen molar-refractivity contribution in [2.75, 3.05) is 0 Å². The number of benzene rings is 2. The Balaban J connectivity index is 0.00000210. The summed E-state index contributed by atoms with van der Waals surface area (Å²) in [7, 11) is 0. The highest BCUT2D eigenvalue weighted by molar-refractivity contribution is 5.61. The van der Waals surface area contributed by atoms with Crippen LogP contribution in [0.1, 0.15) is 25.1 Å². The number of rotatable bonds is 4. The van der Waals surface area contributed by atoms with Gasteiger partial charge in [0.05, 0.1) is 6.54 Å². The topological polar surface area (TPSA) is 18.0 Å². The van der Waals surface area contributed by atoms with Gasteiger partial charge in [0, 0.05) is 12.0 Å². The number of fused-ring (bicyclic) bond motifs is 1. The Labute approximate surface area is 168 Å². The molecule has 0 spiro atoms. The summed E-state index contributed by atoms with van der Waals surface area (Å²) in [6, 6.07) is 17.1. The molecule has 0 saturated heterocycles. The van der Waals surface area contributed by atoms with Crippen LogP contribution in [-0.4, -0.2) is 11.2 Å². The predicted octanol–water partition coefficient (Wildman–Crippen LogP) is 1.76. The summed E-state index contributed by atoms with van der Waals surface area (Å²) in [4.78, 5) is 0. The molecule has 0 fully saturated rings. The van der Waals surface area contributed by atoms with Crippen LogP contribution in [0.2, 0.25) is 0 Å². The van der Waals surface area contributed by atoms with E-state index in [0.29, 0.717) is 0 Å². The molecular weight excluding hydrogens is 414 g/mol. The van der Waals surface area contributed by atoms with Crippen LogP contribution in [0.15, 0.2) is 60.8 Å². The molecule has 0 saturated carbocycles. The number of hydrogen-bond acceptors (Lipinski definition) is 1. The fraction of sp³-hybridized carbons (Fsp3) is 0.286. The number of imidazole rings is 1. The van der Waals surface area contributed by atoms with Crippen LogP contribution in [0.3, 0.4) is 0 Å². The van der Waals surface area contributed by atoms with Crippen molar-refractivity contribution in [1.82, 2.24) is 4.57 Å². The molecule has 0 radical (unpaired) electrons. The molecule has 1 aliphatic rings. The third kappa shape index (κ3) is 4.21. The Morgan fingerprint density at radius 1 is 0.926 bits per heavy atom. The molecule has 0 aliphatic carbocycles. The van der Waals surface area contributed by atoms with E-state index in [0.717, 1.165) is 36.3 Å². The Morgan fingerprint density at radius 2 is 1.67 bits per heavy atom. The molecule has 0 N–H and O–H groups in total. The maximum absolute atomic E-state index is 12.4. The molecule has 27 heavy (non-hydrogen) atoms. The van der Waals surface area contributed by atoms with Gasteiger partial charge >= 0.3 is 6.61 Å². The molecule has 3 nitrogen and oxygen atoms in total. The molecule has 0 unspecified atom stereocenters. The monoisotopic (exact) mass is 434 g/mol. The van der Waals surface area contributed by atoms with E-state index in [2.05, 4.69) is 32.2 Å². The number of hydrogen-bond donors (Lipinski definition) is 0. The average molecular weight is 435 g/mol. The lowest BCUT2D eigenvalue weighted by molar-refractivity contribution is -0.702. The first-order valence-electron chi connectivity index (χ1n) is 8.97. The SMILES string of the molecule is FC(F)Oc1ccc(-n2c(-c3ccccc3)c[n+]3c2CCCCC3)cc1.[Br-]. The molecule has 1 aromatic heterocycles. The fourth-order valence-electron chi connectivity index (χ4n) is 3.62. The highest BCUT2D eigenvalue weighted by atomic mass is 79.9. The molecule has 2 heterocycles. The van der Waals surface area contributed by atoms with E-state index in [-0.39, 0.29) is 22.7 Å². The molecule has 3 aromatic rings. The summed E-state index contributed by atoms with van der Waals surface area (Å²) in [6.07, 6.45) is 6.77. The number of alkyl halides is 2. The lowest BCUT2D eigenvalue weighted by Crippen LogP contribution is -3.00. The quantitative estimate of drug-likeness (QED) is 0.572. The standard InChI is InChI=1S/C21H21F2N2O.BrH/c22-21(23)26-18-12-10-17(11-13-18)25-19(16-7-3-1-4-8-16)15-24-14-6-2-5-9-20(24)25;/h1,3-4,7-8,10-13,15,21H,2,5-6,9,14H2;1H/q+1;/p-1. The van der Waals surface area contributed by atoms with Gasteiger partial charge in [-0.3, -0.25) is 0 Å². The lowest BCUT2D eigenvalue weighted by atomic mass is 10.1. The Bertz CT molecular complexity index is 879. The smallest absolute Gasteiger partial charge is 0.387 e. The predicted molar refractivity (Wildman–Crippen MR) is 95.6 cm³/mol. The number of aromatic nitrogens is 2. The number of halogens is 3. The van der Waals surface area contributed by atoms with E-state index in [9.17, 15) is 8.78 Å². The van der Waals surface area contributed by atoms with Crippen molar-refractivity contribution in [3.8, 4) is 22.7 Å². The van der Waals surface area contributed by atoms with Crippen molar-refractivity contribution in [2.24, 2.45) is 0 Å². The molecule has 142 valence electrons. The van der Waals surface area contributed by atoms with Gasteiger partial charge < -0.3 is 21.7 Å². The van der Waals surface area contributed by atoms with Crippen LogP contribution in [0.4, 0.5) is 8.78 Å². The lowest BCUT2D eigenvalue weighted by Gasteiger charge is -2.07. The van der Waals surface area contributed by atoms with Gasteiger partial charge in [-0.05, 0) is 43.5 Å². The molecule has 2 aromatic carbocycles. The minimum absolute atomic E-state index is 0.